The highest BCUT2D eigenvalue weighted by molar-refractivity contribution is 5.91. The Balaban J connectivity index is 2.83. The molecular formula is C9H9NO2. The largest absolute Gasteiger partial charge is 0.494 e. The lowest BCUT2D eigenvalue weighted by Crippen LogP contribution is -1.91. The van der Waals surface area contributed by atoms with Crippen LogP contribution in [0.4, 0.5) is 5.69 Å². The molecule has 0 fully saturated rings. The van der Waals surface area contributed by atoms with Gasteiger partial charge >= 0.3 is 0 Å². The SMILES string of the molecule is COc1c(N)ccc2cocc12. The Morgan fingerprint density at radius 1 is 1.33 bits per heavy atom. The monoisotopic (exact) mass is 163 g/mol. The van der Waals surface area contributed by atoms with Gasteiger partial charge < -0.3 is 14.9 Å². The van der Waals surface area contributed by atoms with E-state index in [0.29, 0.717) is 11.4 Å². The summed E-state index contributed by atoms with van der Waals surface area (Å²) in [5.41, 5.74) is 6.32. The molecule has 2 N–H and O–H groups in total. The standard InChI is InChI=1S/C9H9NO2/c1-11-9-7-5-12-4-6(7)2-3-8(9)10/h2-5H,10H2,1H3. The van der Waals surface area contributed by atoms with Gasteiger partial charge in [0, 0.05) is 5.39 Å². The van der Waals surface area contributed by atoms with Crippen LogP contribution >= 0.6 is 0 Å². The van der Waals surface area contributed by atoms with Gasteiger partial charge in [0.25, 0.3) is 0 Å². The Morgan fingerprint density at radius 3 is 2.92 bits per heavy atom. The summed E-state index contributed by atoms with van der Waals surface area (Å²) in [5, 5.41) is 1.92. The first-order valence-electron chi connectivity index (χ1n) is 3.61. The molecule has 0 aliphatic rings. The summed E-state index contributed by atoms with van der Waals surface area (Å²) in [4.78, 5) is 0. The molecule has 12 heavy (non-hydrogen) atoms. The Morgan fingerprint density at radius 2 is 2.17 bits per heavy atom. The molecule has 0 aliphatic heterocycles. The maximum Gasteiger partial charge on any atom is 0.152 e. The number of ether oxygens (including phenoxy) is 1. The maximum atomic E-state index is 5.69. The van der Waals surface area contributed by atoms with Crippen LogP contribution in [0.2, 0.25) is 0 Å². The van der Waals surface area contributed by atoms with Crippen LogP contribution in [0.3, 0.4) is 0 Å². The third-order valence-electron chi connectivity index (χ3n) is 1.85. The van der Waals surface area contributed by atoms with E-state index in [1.165, 1.54) is 0 Å². The summed E-state index contributed by atoms with van der Waals surface area (Å²) in [6, 6.07) is 3.70. The van der Waals surface area contributed by atoms with Crippen molar-refractivity contribution in [3.05, 3.63) is 24.7 Å². The van der Waals surface area contributed by atoms with E-state index in [9.17, 15) is 0 Å². The van der Waals surface area contributed by atoms with Crippen LogP contribution in [0, 0.1) is 0 Å². The van der Waals surface area contributed by atoms with Crippen LogP contribution in [0.15, 0.2) is 29.1 Å². The predicted molar refractivity (Wildman–Crippen MR) is 47.2 cm³/mol. The zero-order valence-corrected chi connectivity index (χ0v) is 6.70. The van der Waals surface area contributed by atoms with Gasteiger partial charge in [0.2, 0.25) is 0 Å². The number of hydrogen-bond acceptors (Lipinski definition) is 3. The average Bonchev–Trinajstić information content (AvgIpc) is 2.52. The second kappa shape index (κ2) is 2.44. The second-order valence-corrected chi connectivity index (χ2v) is 2.56. The van der Waals surface area contributed by atoms with Crippen molar-refractivity contribution in [3.8, 4) is 5.75 Å². The Labute approximate surface area is 69.7 Å². The number of anilines is 1. The van der Waals surface area contributed by atoms with Gasteiger partial charge in [-0.05, 0) is 12.1 Å². The molecule has 2 rings (SSSR count). The molecule has 0 unspecified atom stereocenters. The molecule has 0 atom stereocenters. The highest BCUT2D eigenvalue weighted by atomic mass is 16.5. The number of hydrogen-bond donors (Lipinski definition) is 1. The lowest BCUT2D eigenvalue weighted by Gasteiger charge is -2.03. The van der Waals surface area contributed by atoms with Crippen molar-refractivity contribution in [2.24, 2.45) is 0 Å². The quantitative estimate of drug-likeness (QED) is 0.654. The minimum Gasteiger partial charge on any atom is -0.494 e. The average molecular weight is 163 g/mol. The van der Waals surface area contributed by atoms with Gasteiger partial charge in [-0.2, -0.15) is 0 Å². The van der Waals surface area contributed by atoms with Gasteiger partial charge in [-0.25, -0.2) is 0 Å². The van der Waals surface area contributed by atoms with Crippen LogP contribution in [-0.2, 0) is 0 Å². The first-order chi connectivity index (χ1) is 5.83. The summed E-state index contributed by atoms with van der Waals surface area (Å²) in [5.74, 6) is 0.682. The normalized spacial score (nSPS) is 10.4. The van der Waals surface area contributed by atoms with E-state index in [2.05, 4.69) is 0 Å². The molecule has 0 aliphatic carbocycles. The minimum atomic E-state index is 0.631. The number of methoxy groups -OCH3 is 1. The Bertz CT molecular complexity index is 406. The molecule has 0 bridgehead atoms. The van der Waals surface area contributed by atoms with Gasteiger partial charge in [-0.3, -0.25) is 0 Å². The highest BCUT2D eigenvalue weighted by Crippen LogP contribution is 2.31. The molecule has 0 amide bonds. The molecule has 3 heteroatoms. The topological polar surface area (TPSA) is 48.4 Å². The zero-order chi connectivity index (χ0) is 8.55. The van der Waals surface area contributed by atoms with Crippen LogP contribution in [-0.4, -0.2) is 7.11 Å². The number of furan rings is 1. The molecule has 2 aromatic rings. The molecule has 0 spiro atoms. The van der Waals surface area contributed by atoms with Gasteiger partial charge in [0.15, 0.2) is 5.75 Å². The zero-order valence-electron chi connectivity index (χ0n) is 6.70. The molecule has 1 aromatic heterocycles. The van der Waals surface area contributed by atoms with E-state index in [-0.39, 0.29) is 0 Å². The molecule has 1 aromatic carbocycles. The smallest absolute Gasteiger partial charge is 0.152 e. The van der Waals surface area contributed by atoms with E-state index in [1.54, 1.807) is 25.7 Å². The lowest BCUT2D eigenvalue weighted by atomic mass is 10.2. The number of fused-ring (bicyclic) bond motifs is 1. The third kappa shape index (κ3) is 0.830. The van der Waals surface area contributed by atoms with Crippen molar-refractivity contribution in [2.75, 3.05) is 12.8 Å². The van der Waals surface area contributed by atoms with Crippen molar-refractivity contribution >= 4 is 16.5 Å². The van der Waals surface area contributed by atoms with Crippen LogP contribution < -0.4 is 10.5 Å². The van der Waals surface area contributed by atoms with E-state index >= 15 is 0 Å². The summed E-state index contributed by atoms with van der Waals surface area (Å²) in [6.45, 7) is 0. The van der Waals surface area contributed by atoms with Crippen molar-refractivity contribution in [3.63, 3.8) is 0 Å². The summed E-state index contributed by atoms with van der Waals surface area (Å²) in [7, 11) is 1.60. The van der Waals surface area contributed by atoms with Gasteiger partial charge in [-0.1, -0.05) is 0 Å². The van der Waals surface area contributed by atoms with Crippen molar-refractivity contribution < 1.29 is 9.15 Å². The minimum absolute atomic E-state index is 0.631. The van der Waals surface area contributed by atoms with Crippen molar-refractivity contribution in [1.29, 1.82) is 0 Å². The number of benzene rings is 1. The predicted octanol–water partition coefficient (Wildman–Crippen LogP) is 2.02. The number of rotatable bonds is 1. The van der Waals surface area contributed by atoms with Gasteiger partial charge in [-0.15, -0.1) is 0 Å². The highest BCUT2D eigenvalue weighted by Gasteiger charge is 2.06. The Kier molecular flexibility index (Phi) is 1.43. The fraction of sp³-hybridized carbons (Fsp3) is 0.111. The Hall–Kier alpha value is -1.64. The molecule has 0 radical (unpaired) electrons. The first kappa shape index (κ1) is 7.03. The molecule has 62 valence electrons. The number of nitrogens with two attached hydrogens (primary N) is 1. The van der Waals surface area contributed by atoms with E-state index < -0.39 is 0 Å². The van der Waals surface area contributed by atoms with Crippen LogP contribution in [0.5, 0.6) is 5.75 Å². The molecule has 1 heterocycles. The van der Waals surface area contributed by atoms with E-state index in [4.69, 9.17) is 14.9 Å². The molecule has 0 saturated heterocycles. The van der Waals surface area contributed by atoms with Crippen LogP contribution in [0.1, 0.15) is 0 Å². The van der Waals surface area contributed by atoms with Gasteiger partial charge in [0.05, 0.1) is 24.4 Å². The fourth-order valence-corrected chi connectivity index (χ4v) is 1.26. The second-order valence-electron chi connectivity index (χ2n) is 2.56. The molecule has 0 saturated carbocycles. The molecule has 3 nitrogen and oxygen atoms in total. The number of nitrogen functional groups attached to an aromatic ring is 1. The third-order valence-corrected chi connectivity index (χ3v) is 1.85. The molecular weight excluding hydrogens is 154 g/mol. The first-order valence-corrected chi connectivity index (χ1v) is 3.61. The summed E-state index contributed by atoms with van der Waals surface area (Å²) < 4.78 is 10.2. The fourth-order valence-electron chi connectivity index (χ4n) is 1.26. The van der Waals surface area contributed by atoms with Crippen molar-refractivity contribution in [1.82, 2.24) is 0 Å². The van der Waals surface area contributed by atoms with Crippen LogP contribution in [0.25, 0.3) is 10.8 Å². The summed E-state index contributed by atoms with van der Waals surface area (Å²) >= 11 is 0. The lowest BCUT2D eigenvalue weighted by molar-refractivity contribution is 0.421. The van der Waals surface area contributed by atoms with Crippen molar-refractivity contribution in [2.45, 2.75) is 0 Å². The maximum absolute atomic E-state index is 5.69. The summed E-state index contributed by atoms with van der Waals surface area (Å²) in [6.07, 6.45) is 3.29. The van der Waals surface area contributed by atoms with E-state index in [0.717, 1.165) is 10.8 Å². The van der Waals surface area contributed by atoms with Gasteiger partial charge in [0.1, 0.15) is 6.26 Å². The van der Waals surface area contributed by atoms with E-state index in [1.807, 2.05) is 6.07 Å².